The van der Waals surface area contributed by atoms with Crippen molar-refractivity contribution < 1.29 is 14.3 Å². The van der Waals surface area contributed by atoms with Crippen LogP contribution in [0.1, 0.15) is 32.3 Å². The Morgan fingerprint density at radius 1 is 1.37 bits per heavy atom. The maximum Gasteiger partial charge on any atom is 0.231 e. The van der Waals surface area contributed by atoms with E-state index in [0.717, 1.165) is 31.0 Å². The number of likely N-dealkylation sites (tertiary alicyclic amines) is 1. The van der Waals surface area contributed by atoms with Crippen LogP contribution in [0.5, 0.6) is 11.5 Å². The number of halogens is 2. The highest BCUT2D eigenvalue weighted by Crippen LogP contribution is 2.39. The van der Waals surface area contributed by atoms with E-state index in [2.05, 4.69) is 15.6 Å². The molecule has 7 nitrogen and oxygen atoms in total. The van der Waals surface area contributed by atoms with Crippen LogP contribution in [-0.4, -0.2) is 49.2 Å². The second-order valence-electron chi connectivity index (χ2n) is 6.33. The first-order chi connectivity index (χ1) is 12.6. The summed E-state index contributed by atoms with van der Waals surface area (Å²) in [6.45, 7) is 6.85. The molecule has 1 amide bonds. The first kappa shape index (κ1) is 21.9. The summed E-state index contributed by atoms with van der Waals surface area (Å²) in [5, 5.41) is 7.21. The quantitative estimate of drug-likeness (QED) is 0.363. The van der Waals surface area contributed by atoms with Crippen LogP contribution < -0.4 is 20.1 Å². The van der Waals surface area contributed by atoms with Gasteiger partial charge in [-0.05, 0) is 31.0 Å². The zero-order valence-electron chi connectivity index (χ0n) is 15.6. The van der Waals surface area contributed by atoms with Gasteiger partial charge in [-0.1, -0.05) is 18.5 Å². The fourth-order valence-electron chi connectivity index (χ4n) is 3.12. The Hall–Kier alpha value is -1.42. The number of hydrogen-bond donors (Lipinski definition) is 2. The lowest BCUT2D eigenvalue weighted by molar-refractivity contribution is -0.129. The number of carbonyl (C=O) groups excluding carboxylic acids is 1. The normalized spacial score (nSPS) is 18.3. The van der Waals surface area contributed by atoms with E-state index in [1.54, 1.807) is 0 Å². The van der Waals surface area contributed by atoms with E-state index < -0.39 is 0 Å². The van der Waals surface area contributed by atoms with E-state index in [1.807, 2.05) is 30.9 Å². The second kappa shape index (κ2) is 10.2. The van der Waals surface area contributed by atoms with Gasteiger partial charge in [-0.25, -0.2) is 4.99 Å². The smallest absolute Gasteiger partial charge is 0.231 e. The van der Waals surface area contributed by atoms with Crippen molar-refractivity contribution in [3.05, 3.63) is 22.7 Å². The van der Waals surface area contributed by atoms with Crippen LogP contribution in [0.4, 0.5) is 0 Å². The molecule has 2 aliphatic heterocycles. The predicted molar refractivity (Wildman–Crippen MR) is 116 cm³/mol. The average molecular weight is 509 g/mol. The summed E-state index contributed by atoms with van der Waals surface area (Å²) in [5.74, 6) is 2.18. The number of aliphatic imine (C=N–C) groups is 1. The van der Waals surface area contributed by atoms with Crippen LogP contribution in [0.3, 0.4) is 0 Å². The van der Waals surface area contributed by atoms with Crippen molar-refractivity contribution in [1.29, 1.82) is 0 Å². The van der Waals surface area contributed by atoms with Crippen molar-refractivity contribution in [1.82, 2.24) is 15.5 Å². The van der Waals surface area contributed by atoms with Gasteiger partial charge in [0.15, 0.2) is 17.5 Å². The third kappa shape index (κ3) is 5.54. The monoisotopic (exact) mass is 508 g/mol. The van der Waals surface area contributed by atoms with Gasteiger partial charge in [0.2, 0.25) is 12.7 Å². The van der Waals surface area contributed by atoms with Crippen LogP contribution in [0.2, 0.25) is 5.02 Å². The predicted octanol–water partition coefficient (Wildman–Crippen LogP) is 2.75. The lowest BCUT2D eigenvalue weighted by Gasteiger charge is -2.18. The van der Waals surface area contributed by atoms with Gasteiger partial charge < -0.3 is 25.0 Å². The van der Waals surface area contributed by atoms with E-state index in [0.29, 0.717) is 36.0 Å². The Balaban J connectivity index is 0.00000261. The molecule has 9 heteroatoms. The number of hydrogen-bond acceptors (Lipinski definition) is 4. The van der Waals surface area contributed by atoms with Gasteiger partial charge in [0.1, 0.15) is 0 Å². The Morgan fingerprint density at radius 2 is 2.19 bits per heavy atom. The van der Waals surface area contributed by atoms with E-state index in [1.165, 1.54) is 0 Å². The molecule has 0 saturated carbocycles. The zero-order valence-corrected chi connectivity index (χ0v) is 18.7. The van der Waals surface area contributed by atoms with Crippen LogP contribution in [0.25, 0.3) is 0 Å². The highest BCUT2D eigenvalue weighted by molar-refractivity contribution is 14.0. The highest BCUT2D eigenvalue weighted by Gasteiger charge is 2.25. The number of nitrogens with zero attached hydrogens (tertiary/aromatic N) is 2. The Bertz CT molecular complexity index is 701. The molecule has 150 valence electrons. The lowest BCUT2D eigenvalue weighted by atomic mass is 10.2. The Labute approximate surface area is 181 Å². The summed E-state index contributed by atoms with van der Waals surface area (Å²) in [4.78, 5) is 18.4. The van der Waals surface area contributed by atoms with Crippen LogP contribution in [0, 0.1) is 0 Å². The standard InChI is InChI=1S/C18H25ClN4O3.HI/c1-3-16(24)23-6-5-13(10-23)22-18(20-4-2)21-9-12-7-14(19)17-15(8-12)25-11-26-17;/h7-8,13H,3-6,9-11H2,1-2H3,(H2,20,21,22);1H. The number of benzene rings is 1. The summed E-state index contributed by atoms with van der Waals surface area (Å²) in [6, 6.07) is 3.96. The van der Waals surface area contributed by atoms with Gasteiger partial charge in [0.25, 0.3) is 0 Å². The minimum Gasteiger partial charge on any atom is -0.454 e. The van der Waals surface area contributed by atoms with E-state index in [4.69, 9.17) is 21.1 Å². The molecule has 0 radical (unpaired) electrons. The number of ether oxygens (including phenoxy) is 2. The summed E-state index contributed by atoms with van der Waals surface area (Å²) in [5.41, 5.74) is 0.950. The van der Waals surface area contributed by atoms with Crippen molar-refractivity contribution in [3.63, 3.8) is 0 Å². The third-order valence-electron chi connectivity index (χ3n) is 4.44. The Kier molecular flexibility index (Phi) is 8.28. The summed E-state index contributed by atoms with van der Waals surface area (Å²) < 4.78 is 10.7. The molecule has 27 heavy (non-hydrogen) atoms. The van der Waals surface area contributed by atoms with Crippen molar-refractivity contribution in [2.24, 2.45) is 4.99 Å². The van der Waals surface area contributed by atoms with Gasteiger partial charge in [-0.3, -0.25) is 4.79 Å². The van der Waals surface area contributed by atoms with E-state index >= 15 is 0 Å². The summed E-state index contributed by atoms with van der Waals surface area (Å²) >= 11 is 6.23. The molecule has 1 fully saturated rings. The fraction of sp³-hybridized carbons (Fsp3) is 0.556. The maximum atomic E-state index is 11.8. The van der Waals surface area contributed by atoms with E-state index in [9.17, 15) is 4.79 Å². The molecule has 1 unspecified atom stereocenters. The maximum absolute atomic E-state index is 11.8. The van der Waals surface area contributed by atoms with Gasteiger partial charge >= 0.3 is 0 Å². The summed E-state index contributed by atoms with van der Waals surface area (Å²) in [6.07, 6.45) is 1.47. The molecular weight excluding hydrogens is 483 g/mol. The number of guanidine groups is 1. The molecule has 0 bridgehead atoms. The van der Waals surface area contributed by atoms with Crippen LogP contribution in [0.15, 0.2) is 17.1 Å². The van der Waals surface area contributed by atoms with Gasteiger partial charge in [-0.15, -0.1) is 24.0 Å². The molecule has 0 aliphatic carbocycles. The molecule has 0 spiro atoms. The second-order valence-corrected chi connectivity index (χ2v) is 6.74. The number of carbonyl (C=O) groups is 1. The molecule has 2 heterocycles. The molecular formula is C18H26ClIN4O3. The largest absolute Gasteiger partial charge is 0.454 e. The van der Waals surface area contributed by atoms with Crippen LogP contribution in [-0.2, 0) is 11.3 Å². The molecule has 0 aromatic heterocycles. The van der Waals surface area contributed by atoms with Crippen LogP contribution >= 0.6 is 35.6 Å². The molecule has 3 rings (SSSR count). The molecule has 2 N–H and O–H groups in total. The van der Waals surface area contributed by atoms with E-state index in [-0.39, 0.29) is 42.7 Å². The lowest BCUT2D eigenvalue weighted by Crippen LogP contribution is -2.45. The van der Waals surface area contributed by atoms with Crippen molar-refractivity contribution in [3.8, 4) is 11.5 Å². The van der Waals surface area contributed by atoms with Crippen molar-refractivity contribution >= 4 is 47.4 Å². The fourth-order valence-corrected chi connectivity index (χ4v) is 3.41. The first-order valence-electron chi connectivity index (χ1n) is 9.01. The third-order valence-corrected chi connectivity index (χ3v) is 4.72. The molecule has 1 aromatic carbocycles. The van der Waals surface area contributed by atoms with Gasteiger partial charge in [-0.2, -0.15) is 0 Å². The molecule has 1 aromatic rings. The van der Waals surface area contributed by atoms with Crippen molar-refractivity contribution in [2.45, 2.75) is 39.3 Å². The van der Waals surface area contributed by atoms with Gasteiger partial charge in [0.05, 0.1) is 11.6 Å². The highest BCUT2D eigenvalue weighted by atomic mass is 127. The SMILES string of the molecule is CCNC(=NCc1cc(Cl)c2c(c1)OCO2)NC1CCN(C(=O)CC)C1.I. The minimum atomic E-state index is 0. The molecule has 1 atom stereocenters. The van der Waals surface area contributed by atoms with Gasteiger partial charge in [0, 0.05) is 32.1 Å². The minimum absolute atomic E-state index is 0. The number of nitrogens with one attached hydrogen (secondary N) is 2. The number of rotatable bonds is 5. The summed E-state index contributed by atoms with van der Waals surface area (Å²) in [7, 11) is 0. The number of fused-ring (bicyclic) bond motifs is 1. The molecule has 2 aliphatic rings. The average Bonchev–Trinajstić information content (AvgIpc) is 3.28. The topological polar surface area (TPSA) is 75.2 Å². The zero-order chi connectivity index (χ0) is 18.5. The first-order valence-corrected chi connectivity index (χ1v) is 9.39. The molecule has 1 saturated heterocycles. The number of amides is 1. The van der Waals surface area contributed by atoms with Crippen molar-refractivity contribution in [2.75, 3.05) is 26.4 Å². The Morgan fingerprint density at radius 3 is 2.93 bits per heavy atom.